The molecule has 4 N–H and O–H groups in total. The Labute approximate surface area is 86.9 Å². The molecule has 0 aliphatic heterocycles. The molecule has 6 heteroatoms. The zero-order chi connectivity index (χ0) is 11.3. The Morgan fingerprint density at radius 1 is 1.53 bits per heavy atom. The molecule has 6 nitrogen and oxygen atoms in total. The van der Waals surface area contributed by atoms with Crippen LogP contribution in [0.25, 0.3) is 0 Å². The molecule has 0 fully saturated rings. The van der Waals surface area contributed by atoms with E-state index in [9.17, 15) is 4.79 Å². The van der Waals surface area contributed by atoms with Gasteiger partial charge in [0.1, 0.15) is 12.3 Å². The Morgan fingerprint density at radius 2 is 2.27 bits per heavy atom. The molecule has 1 heterocycles. The fourth-order valence-electron chi connectivity index (χ4n) is 0.944. The van der Waals surface area contributed by atoms with E-state index in [4.69, 9.17) is 20.6 Å². The third-order valence-electron chi connectivity index (χ3n) is 1.56. The van der Waals surface area contributed by atoms with Crippen LogP contribution in [0.1, 0.15) is 23.2 Å². The number of carbonyl (C=O) groups is 1. The summed E-state index contributed by atoms with van der Waals surface area (Å²) in [5.74, 6) is 0.140. The molecule has 0 aliphatic carbocycles. The summed E-state index contributed by atoms with van der Waals surface area (Å²) >= 11 is 0. The van der Waals surface area contributed by atoms with E-state index in [-0.39, 0.29) is 18.3 Å². The second kappa shape index (κ2) is 5.04. The first-order valence-electron chi connectivity index (χ1n) is 4.44. The molecule has 82 valence electrons. The quantitative estimate of drug-likeness (QED) is 0.421. The minimum Gasteiger partial charge on any atom is -0.460 e. The summed E-state index contributed by atoms with van der Waals surface area (Å²) in [7, 11) is 0. The number of esters is 1. The Balaban J connectivity index is 2.64. The predicted molar refractivity (Wildman–Crippen MR) is 54.2 cm³/mol. The van der Waals surface area contributed by atoms with Gasteiger partial charge in [-0.3, -0.25) is 0 Å². The Hall–Kier alpha value is -1.98. The lowest BCUT2D eigenvalue weighted by atomic mass is 10.4. The largest absolute Gasteiger partial charge is 0.460 e. The molecule has 0 aliphatic rings. The molecule has 1 aromatic heterocycles. The van der Waals surface area contributed by atoms with Gasteiger partial charge in [0.25, 0.3) is 0 Å². The van der Waals surface area contributed by atoms with Crippen molar-refractivity contribution in [1.82, 2.24) is 0 Å². The fourth-order valence-corrected chi connectivity index (χ4v) is 0.944. The number of furan rings is 1. The van der Waals surface area contributed by atoms with E-state index >= 15 is 0 Å². The van der Waals surface area contributed by atoms with Crippen molar-refractivity contribution in [1.29, 1.82) is 0 Å². The van der Waals surface area contributed by atoms with Crippen LogP contribution in [0.4, 0.5) is 0 Å². The third kappa shape index (κ3) is 3.34. The van der Waals surface area contributed by atoms with E-state index in [1.165, 1.54) is 6.07 Å². The van der Waals surface area contributed by atoms with Gasteiger partial charge in [-0.15, -0.1) is 0 Å². The number of nitrogens with two attached hydrogens (primary N) is 2. The average Bonchev–Trinajstić information content (AvgIpc) is 2.63. The molecule has 1 rings (SSSR count). The number of guanidine groups is 1. The zero-order valence-electron chi connectivity index (χ0n) is 8.40. The highest BCUT2D eigenvalue weighted by atomic mass is 16.5. The SMILES string of the molecule is CCOC(=O)c1ccc(CN=C(N)N)o1. The van der Waals surface area contributed by atoms with Gasteiger partial charge in [-0.05, 0) is 19.1 Å². The van der Waals surface area contributed by atoms with Crippen molar-refractivity contribution in [3.63, 3.8) is 0 Å². The molecule has 15 heavy (non-hydrogen) atoms. The van der Waals surface area contributed by atoms with Crippen LogP contribution in [0.15, 0.2) is 21.5 Å². The minimum absolute atomic E-state index is 0.0240. The summed E-state index contributed by atoms with van der Waals surface area (Å²) in [5.41, 5.74) is 10.3. The van der Waals surface area contributed by atoms with Crippen LogP contribution in [0, 0.1) is 0 Å². The van der Waals surface area contributed by atoms with E-state index in [1.807, 2.05) is 0 Å². The van der Waals surface area contributed by atoms with Crippen LogP contribution in [-0.2, 0) is 11.3 Å². The van der Waals surface area contributed by atoms with Gasteiger partial charge in [0.2, 0.25) is 5.76 Å². The monoisotopic (exact) mass is 211 g/mol. The van der Waals surface area contributed by atoms with E-state index < -0.39 is 5.97 Å². The van der Waals surface area contributed by atoms with Gasteiger partial charge in [0, 0.05) is 0 Å². The lowest BCUT2D eigenvalue weighted by molar-refractivity contribution is 0.0488. The van der Waals surface area contributed by atoms with Crippen molar-refractivity contribution in [2.75, 3.05) is 6.61 Å². The second-order valence-electron chi connectivity index (χ2n) is 2.73. The molecule has 0 unspecified atom stereocenters. The topological polar surface area (TPSA) is 104 Å². The van der Waals surface area contributed by atoms with Crippen LogP contribution in [0.5, 0.6) is 0 Å². The highest BCUT2D eigenvalue weighted by Crippen LogP contribution is 2.10. The maximum absolute atomic E-state index is 11.2. The van der Waals surface area contributed by atoms with E-state index in [0.29, 0.717) is 12.4 Å². The maximum atomic E-state index is 11.2. The normalized spacial score (nSPS) is 9.67. The van der Waals surface area contributed by atoms with Gasteiger partial charge >= 0.3 is 5.97 Å². The van der Waals surface area contributed by atoms with Crippen molar-refractivity contribution < 1.29 is 13.9 Å². The van der Waals surface area contributed by atoms with E-state index in [0.717, 1.165) is 0 Å². The summed E-state index contributed by atoms with van der Waals surface area (Å²) in [6.07, 6.45) is 0. The van der Waals surface area contributed by atoms with Crippen molar-refractivity contribution in [2.45, 2.75) is 13.5 Å². The number of hydrogen-bond acceptors (Lipinski definition) is 4. The van der Waals surface area contributed by atoms with Gasteiger partial charge in [0.15, 0.2) is 5.96 Å². The van der Waals surface area contributed by atoms with Crippen molar-refractivity contribution in [3.05, 3.63) is 23.7 Å². The highest BCUT2D eigenvalue weighted by Gasteiger charge is 2.11. The number of rotatable bonds is 4. The van der Waals surface area contributed by atoms with Crippen LogP contribution in [0.2, 0.25) is 0 Å². The molecule has 0 saturated carbocycles. The van der Waals surface area contributed by atoms with E-state index in [1.54, 1.807) is 13.0 Å². The molecule has 0 bridgehead atoms. The molecule has 0 amide bonds. The first kappa shape index (κ1) is 11.1. The molecular formula is C9H13N3O3. The molecule has 0 saturated heterocycles. The van der Waals surface area contributed by atoms with Gasteiger partial charge < -0.3 is 20.6 Å². The summed E-state index contributed by atoms with van der Waals surface area (Å²) in [6.45, 7) is 2.24. The number of hydrogen-bond donors (Lipinski definition) is 2. The molecule has 0 atom stereocenters. The minimum atomic E-state index is -0.492. The summed E-state index contributed by atoms with van der Waals surface area (Å²) < 4.78 is 9.90. The second-order valence-corrected chi connectivity index (χ2v) is 2.73. The lowest BCUT2D eigenvalue weighted by Gasteiger charge is -1.96. The van der Waals surface area contributed by atoms with E-state index in [2.05, 4.69) is 4.99 Å². The number of ether oxygens (including phenoxy) is 1. The Bertz CT molecular complexity index is 366. The van der Waals surface area contributed by atoms with Crippen molar-refractivity contribution >= 4 is 11.9 Å². The molecule has 0 spiro atoms. The number of nitrogens with zero attached hydrogens (tertiary/aromatic N) is 1. The number of aliphatic imine (C=N–C) groups is 1. The highest BCUT2D eigenvalue weighted by molar-refractivity contribution is 5.86. The molecule has 0 radical (unpaired) electrons. The standard InChI is InChI=1S/C9H13N3O3/c1-2-14-8(13)7-4-3-6(15-7)5-12-9(10)11/h3-4H,2,5H2,1H3,(H4,10,11,12). The smallest absolute Gasteiger partial charge is 0.374 e. The van der Waals surface area contributed by atoms with Crippen LogP contribution in [0.3, 0.4) is 0 Å². The molecule has 0 aromatic carbocycles. The fraction of sp³-hybridized carbons (Fsp3) is 0.333. The molecular weight excluding hydrogens is 198 g/mol. The third-order valence-corrected chi connectivity index (χ3v) is 1.56. The van der Waals surface area contributed by atoms with Crippen LogP contribution >= 0.6 is 0 Å². The lowest BCUT2D eigenvalue weighted by Crippen LogP contribution is -2.22. The average molecular weight is 211 g/mol. The molecule has 1 aromatic rings. The van der Waals surface area contributed by atoms with Gasteiger partial charge in [-0.25, -0.2) is 9.79 Å². The van der Waals surface area contributed by atoms with Gasteiger partial charge in [-0.2, -0.15) is 0 Å². The zero-order valence-corrected chi connectivity index (χ0v) is 8.40. The first-order valence-corrected chi connectivity index (χ1v) is 4.44. The van der Waals surface area contributed by atoms with Crippen LogP contribution < -0.4 is 11.5 Å². The predicted octanol–water partition coefficient (Wildman–Crippen LogP) is 0.230. The number of carbonyl (C=O) groups excluding carboxylic acids is 1. The van der Waals surface area contributed by atoms with Gasteiger partial charge in [0.05, 0.1) is 6.61 Å². The Morgan fingerprint density at radius 3 is 2.87 bits per heavy atom. The van der Waals surface area contributed by atoms with Gasteiger partial charge in [-0.1, -0.05) is 0 Å². The Kier molecular flexibility index (Phi) is 3.73. The van der Waals surface area contributed by atoms with Crippen molar-refractivity contribution in [2.24, 2.45) is 16.5 Å². The summed E-state index contributed by atoms with van der Waals surface area (Å²) in [5, 5.41) is 0. The van der Waals surface area contributed by atoms with Crippen LogP contribution in [-0.4, -0.2) is 18.5 Å². The summed E-state index contributed by atoms with van der Waals surface area (Å²) in [4.78, 5) is 14.9. The maximum Gasteiger partial charge on any atom is 0.374 e. The van der Waals surface area contributed by atoms with Crippen molar-refractivity contribution in [3.8, 4) is 0 Å². The first-order chi connectivity index (χ1) is 7.13. The summed E-state index contributed by atoms with van der Waals surface area (Å²) in [6, 6.07) is 3.15.